The van der Waals surface area contributed by atoms with E-state index in [1.807, 2.05) is 19.9 Å². The highest BCUT2D eigenvalue weighted by molar-refractivity contribution is 5.98. The predicted molar refractivity (Wildman–Crippen MR) is 114 cm³/mol. The lowest BCUT2D eigenvalue weighted by molar-refractivity contribution is -0.138. The number of hydrazone groups is 1. The summed E-state index contributed by atoms with van der Waals surface area (Å²) in [6.07, 6.45) is 1.54. The molecule has 1 aliphatic rings. The molecule has 1 aliphatic heterocycles. The van der Waals surface area contributed by atoms with Crippen LogP contribution in [0.15, 0.2) is 51.8 Å². The number of guanidine groups is 1. The van der Waals surface area contributed by atoms with Crippen molar-refractivity contribution in [2.75, 3.05) is 13.2 Å². The van der Waals surface area contributed by atoms with Gasteiger partial charge >= 0.3 is 5.97 Å². The molecule has 0 unspecified atom stereocenters. The van der Waals surface area contributed by atoms with Gasteiger partial charge in [-0.3, -0.25) is 9.69 Å². The van der Waals surface area contributed by atoms with Gasteiger partial charge in [0.15, 0.2) is 0 Å². The summed E-state index contributed by atoms with van der Waals surface area (Å²) in [6, 6.07) is 5.30. The maximum atomic E-state index is 12.2. The van der Waals surface area contributed by atoms with Gasteiger partial charge in [0.2, 0.25) is 5.96 Å². The molecule has 1 aromatic rings. The van der Waals surface area contributed by atoms with Crippen LogP contribution in [0.25, 0.3) is 0 Å². The summed E-state index contributed by atoms with van der Waals surface area (Å²) in [5.74, 6) is -0.206. The predicted octanol–water partition coefficient (Wildman–Crippen LogP) is 2.99. The Hall–Kier alpha value is -3.42. The number of hydrogen-bond donors (Lipinski definition) is 2. The summed E-state index contributed by atoms with van der Waals surface area (Å²) < 4.78 is 5.10. The van der Waals surface area contributed by atoms with Gasteiger partial charge < -0.3 is 10.1 Å². The molecule has 0 saturated carbocycles. The van der Waals surface area contributed by atoms with Gasteiger partial charge in [-0.2, -0.15) is 5.10 Å². The Balaban J connectivity index is 2.50. The Kier molecular flexibility index (Phi) is 7.30. The van der Waals surface area contributed by atoms with Gasteiger partial charge in [0.05, 0.1) is 29.8 Å². The maximum Gasteiger partial charge on any atom is 0.335 e. The number of benzene rings is 1. The molecule has 0 aliphatic carbocycles. The fourth-order valence-corrected chi connectivity index (χ4v) is 2.66. The molecule has 29 heavy (non-hydrogen) atoms. The van der Waals surface area contributed by atoms with Crippen LogP contribution >= 0.6 is 0 Å². The fraction of sp³-hybridized carbons (Fsp3) is 0.333. The summed E-state index contributed by atoms with van der Waals surface area (Å²) >= 11 is 0. The van der Waals surface area contributed by atoms with Crippen LogP contribution in [0.4, 0.5) is 5.69 Å². The van der Waals surface area contributed by atoms with E-state index in [0.717, 1.165) is 5.56 Å². The zero-order valence-corrected chi connectivity index (χ0v) is 17.5. The van der Waals surface area contributed by atoms with E-state index >= 15 is 0 Å². The number of rotatable bonds is 6. The standard InChI is InChI=1S/C21H27N5O3/c1-7-22-19(27)17-10-9-13(3)18(11-17)24-21-25-23-12-14(4)26(21)16(6)15(5)20(28)29-8-2/h9-12H,4,7-8H2,1-3,5-6H3,(H,22,27)(H,24,25)/b16-15+. The number of aryl methyl sites for hydroxylation is 1. The van der Waals surface area contributed by atoms with E-state index in [1.165, 1.54) is 0 Å². The van der Waals surface area contributed by atoms with Gasteiger partial charge in [0, 0.05) is 17.8 Å². The van der Waals surface area contributed by atoms with Crippen LogP contribution in [0.5, 0.6) is 0 Å². The molecule has 0 atom stereocenters. The van der Waals surface area contributed by atoms with Crippen LogP contribution in [0.1, 0.15) is 43.6 Å². The van der Waals surface area contributed by atoms with Crippen LogP contribution in [0.3, 0.4) is 0 Å². The second kappa shape index (κ2) is 9.68. The van der Waals surface area contributed by atoms with Gasteiger partial charge in [-0.05, 0) is 52.3 Å². The second-order valence-electron chi connectivity index (χ2n) is 6.42. The molecule has 0 saturated heterocycles. The molecular formula is C21H27N5O3. The Morgan fingerprint density at radius 2 is 2.03 bits per heavy atom. The van der Waals surface area contributed by atoms with Crippen molar-refractivity contribution in [2.45, 2.75) is 34.6 Å². The van der Waals surface area contributed by atoms with Crippen LogP contribution in [-0.4, -0.2) is 42.1 Å². The number of nitrogens with zero attached hydrogens (tertiary/aromatic N) is 3. The summed E-state index contributed by atoms with van der Waals surface area (Å²) in [5.41, 5.74) is 6.45. The molecule has 2 N–H and O–H groups in total. The average molecular weight is 397 g/mol. The van der Waals surface area contributed by atoms with Crippen molar-refractivity contribution in [3.05, 3.63) is 52.9 Å². The number of amides is 1. The van der Waals surface area contributed by atoms with E-state index in [1.54, 1.807) is 44.0 Å². The zero-order chi connectivity index (χ0) is 21.6. The van der Waals surface area contributed by atoms with E-state index < -0.39 is 5.97 Å². The SMILES string of the molecule is C=C1C=NNC(=Nc2cc(C(=O)NCC)ccc2C)N1/C(C)=C(\C)C(=O)OCC. The van der Waals surface area contributed by atoms with Crippen molar-refractivity contribution >= 4 is 29.7 Å². The first-order chi connectivity index (χ1) is 13.8. The highest BCUT2D eigenvalue weighted by Gasteiger charge is 2.23. The Morgan fingerprint density at radius 1 is 1.31 bits per heavy atom. The highest BCUT2D eigenvalue weighted by Crippen LogP contribution is 2.24. The largest absolute Gasteiger partial charge is 0.463 e. The van der Waals surface area contributed by atoms with Crippen molar-refractivity contribution in [1.82, 2.24) is 15.6 Å². The van der Waals surface area contributed by atoms with Gasteiger partial charge in [0.1, 0.15) is 0 Å². The molecular weight excluding hydrogens is 370 g/mol. The van der Waals surface area contributed by atoms with E-state index in [-0.39, 0.29) is 12.5 Å². The van der Waals surface area contributed by atoms with Crippen LogP contribution in [-0.2, 0) is 9.53 Å². The number of nitrogens with one attached hydrogen (secondary N) is 2. The minimum atomic E-state index is -0.408. The number of ether oxygens (including phenoxy) is 1. The van der Waals surface area contributed by atoms with Crippen molar-refractivity contribution < 1.29 is 14.3 Å². The molecule has 0 fully saturated rings. The van der Waals surface area contributed by atoms with Crippen LogP contribution < -0.4 is 10.7 Å². The first-order valence-electron chi connectivity index (χ1n) is 9.40. The molecule has 154 valence electrons. The Labute approximate surface area is 171 Å². The van der Waals surface area contributed by atoms with Crippen LogP contribution in [0, 0.1) is 6.92 Å². The molecule has 1 amide bonds. The van der Waals surface area contributed by atoms with Crippen molar-refractivity contribution in [3.63, 3.8) is 0 Å². The van der Waals surface area contributed by atoms with Gasteiger partial charge in [-0.15, -0.1) is 0 Å². The number of aliphatic imine (C=N–C) groups is 1. The zero-order valence-electron chi connectivity index (χ0n) is 17.5. The molecule has 0 spiro atoms. The highest BCUT2D eigenvalue weighted by atomic mass is 16.5. The average Bonchev–Trinajstić information content (AvgIpc) is 2.69. The summed E-state index contributed by atoms with van der Waals surface area (Å²) in [6.45, 7) is 13.8. The minimum absolute atomic E-state index is 0.168. The van der Waals surface area contributed by atoms with E-state index in [4.69, 9.17) is 4.74 Å². The Morgan fingerprint density at radius 3 is 2.69 bits per heavy atom. The van der Waals surface area contributed by atoms with Gasteiger partial charge in [-0.25, -0.2) is 15.2 Å². The van der Waals surface area contributed by atoms with E-state index in [9.17, 15) is 9.59 Å². The lowest BCUT2D eigenvalue weighted by atomic mass is 10.1. The molecule has 1 heterocycles. The van der Waals surface area contributed by atoms with Crippen molar-refractivity contribution in [1.29, 1.82) is 0 Å². The summed E-state index contributed by atoms with van der Waals surface area (Å²) in [4.78, 5) is 30.7. The minimum Gasteiger partial charge on any atom is -0.463 e. The summed E-state index contributed by atoms with van der Waals surface area (Å²) in [7, 11) is 0. The molecule has 8 heteroatoms. The number of carbonyl (C=O) groups is 2. The number of hydrogen-bond acceptors (Lipinski definition) is 5. The summed E-state index contributed by atoms with van der Waals surface area (Å²) in [5, 5.41) is 6.84. The second-order valence-corrected chi connectivity index (χ2v) is 6.42. The molecule has 1 aromatic carbocycles. The van der Waals surface area contributed by atoms with Crippen LogP contribution in [0.2, 0.25) is 0 Å². The first kappa shape index (κ1) is 21.9. The fourth-order valence-electron chi connectivity index (χ4n) is 2.66. The first-order valence-corrected chi connectivity index (χ1v) is 9.40. The van der Waals surface area contributed by atoms with Crippen molar-refractivity contribution in [3.8, 4) is 0 Å². The van der Waals surface area contributed by atoms with Gasteiger partial charge in [0.25, 0.3) is 5.91 Å². The molecule has 0 bridgehead atoms. The molecule has 0 radical (unpaired) electrons. The van der Waals surface area contributed by atoms with E-state index in [2.05, 4.69) is 27.4 Å². The third-order valence-corrected chi connectivity index (χ3v) is 4.37. The topological polar surface area (TPSA) is 95.4 Å². The molecule has 2 rings (SSSR count). The number of carbonyl (C=O) groups excluding carboxylic acids is 2. The third kappa shape index (κ3) is 5.10. The lowest BCUT2D eigenvalue weighted by Crippen LogP contribution is -2.41. The van der Waals surface area contributed by atoms with Gasteiger partial charge in [-0.1, -0.05) is 12.6 Å². The number of esters is 1. The normalized spacial score (nSPS) is 15.7. The Bertz CT molecular complexity index is 915. The maximum absolute atomic E-state index is 12.2. The third-order valence-electron chi connectivity index (χ3n) is 4.37. The monoisotopic (exact) mass is 397 g/mol. The van der Waals surface area contributed by atoms with Crippen molar-refractivity contribution in [2.24, 2.45) is 10.1 Å². The lowest BCUT2D eigenvalue weighted by Gasteiger charge is -2.30. The molecule has 8 nitrogen and oxygen atoms in total. The van der Waals surface area contributed by atoms with E-state index in [0.29, 0.717) is 40.7 Å². The molecule has 0 aromatic heterocycles. The number of allylic oxidation sites excluding steroid dienone is 2. The quantitative estimate of drug-likeness (QED) is 0.568. The smallest absolute Gasteiger partial charge is 0.335 e.